The average Bonchev–Trinajstić information content (AvgIpc) is 3.26. The summed E-state index contributed by atoms with van der Waals surface area (Å²) in [5, 5.41) is 5.38. The van der Waals surface area contributed by atoms with Crippen molar-refractivity contribution in [3.8, 4) is 0 Å². The molecule has 9 heteroatoms. The van der Waals surface area contributed by atoms with Crippen LogP contribution < -0.4 is 22.1 Å². The lowest BCUT2D eigenvalue weighted by molar-refractivity contribution is -0.117. The fourth-order valence-corrected chi connectivity index (χ4v) is 4.23. The van der Waals surface area contributed by atoms with Crippen LogP contribution in [-0.4, -0.2) is 27.7 Å². The van der Waals surface area contributed by atoms with Crippen LogP contribution in [0.15, 0.2) is 36.2 Å². The molecule has 2 aromatic rings. The van der Waals surface area contributed by atoms with E-state index in [1.54, 1.807) is 17.6 Å². The standard InChI is InChI=1S/C22H24FN5O3/c1-12-17(19(29)21(31)27-22(7-8-22)16(25)11-24)15-6-3-9-28(15)18(12)20(30)26-14-5-2-4-13(23)10-14/h2,4-5,10-11H,3,6-9,24-25H2,1H3,(H,26,30)(H,27,31). The summed E-state index contributed by atoms with van der Waals surface area (Å²) in [7, 11) is 0. The second kappa shape index (κ2) is 7.57. The predicted octanol–water partition coefficient (Wildman–Crippen LogP) is 1.72. The van der Waals surface area contributed by atoms with E-state index in [2.05, 4.69) is 10.6 Å². The molecule has 162 valence electrons. The van der Waals surface area contributed by atoms with Crippen LogP contribution in [-0.2, 0) is 17.8 Å². The topological polar surface area (TPSA) is 132 Å². The van der Waals surface area contributed by atoms with Crippen LogP contribution in [0.5, 0.6) is 0 Å². The van der Waals surface area contributed by atoms with Gasteiger partial charge in [0.05, 0.1) is 11.1 Å². The molecule has 2 amide bonds. The molecule has 1 aliphatic heterocycles. The first-order valence-electron chi connectivity index (χ1n) is 10.1. The number of hydrogen-bond acceptors (Lipinski definition) is 5. The number of hydrogen-bond donors (Lipinski definition) is 4. The van der Waals surface area contributed by atoms with Crippen LogP contribution in [0.3, 0.4) is 0 Å². The largest absolute Gasteiger partial charge is 0.403 e. The fraction of sp³-hybridized carbons (Fsp3) is 0.318. The number of carbonyl (C=O) groups excluding carboxylic acids is 3. The number of nitrogens with one attached hydrogen (secondary N) is 2. The van der Waals surface area contributed by atoms with Crippen LogP contribution in [0.2, 0.25) is 0 Å². The van der Waals surface area contributed by atoms with Gasteiger partial charge < -0.3 is 26.7 Å². The lowest BCUT2D eigenvalue weighted by atomic mass is 10.0. The second-order valence-corrected chi connectivity index (χ2v) is 8.00. The van der Waals surface area contributed by atoms with Crippen LogP contribution >= 0.6 is 0 Å². The Kier molecular flexibility index (Phi) is 5.04. The molecule has 0 atom stereocenters. The first kappa shape index (κ1) is 20.6. The Hall–Kier alpha value is -3.62. The van der Waals surface area contributed by atoms with Crippen molar-refractivity contribution in [3.63, 3.8) is 0 Å². The van der Waals surface area contributed by atoms with Gasteiger partial charge in [-0.25, -0.2) is 4.39 Å². The number of rotatable bonds is 6. The highest BCUT2D eigenvalue weighted by molar-refractivity contribution is 6.44. The van der Waals surface area contributed by atoms with Gasteiger partial charge in [0.25, 0.3) is 17.6 Å². The van der Waals surface area contributed by atoms with Gasteiger partial charge in [-0.1, -0.05) is 6.07 Å². The number of nitrogens with two attached hydrogens (primary N) is 2. The highest BCUT2D eigenvalue weighted by Crippen LogP contribution is 2.40. The normalized spacial score (nSPS) is 16.5. The SMILES string of the molecule is Cc1c(C(=O)C(=O)NC2(C(N)=CN)CC2)c2n(c1C(=O)Nc1cccc(F)c1)CCC2. The molecule has 0 radical (unpaired) electrons. The maximum absolute atomic E-state index is 13.5. The van der Waals surface area contributed by atoms with E-state index < -0.39 is 29.0 Å². The monoisotopic (exact) mass is 425 g/mol. The zero-order valence-corrected chi connectivity index (χ0v) is 17.1. The number of nitrogens with zero attached hydrogens (tertiary/aromatic N) is 1. The van der Waals surface area contributed by atoms with Crippen LogP contribution in [0.4, 0.5) is 10.1 Å². The molecule has 2 aliphatic rings. The Balaban J connectivity index is 1.63. The summed E-state index contributed by atoms with van der Waals surface area (Å²) in [5.74, 6) is -2.41. The molecule has 0 unspecified atom stereocenters. The van der Waals surface area contributed by atoms with Gasteiger partial charge in [0.2, 0.25) is 0 Å². The van der Waals surface area contributed by atoms with E-state index in [0.717, 1.165) is 6.42 Å². The van der Waals surface area contributed by atoms with Crippen LogP contribution in [0, 0.1) is 12.7 Å². The van der Waals surface area contributed by atoms with Crippen molar-refractivity contribution in [2.24, 2.45) is 11.5 Å². The third-order valence-corrected chi connectivity index (χ3v) is 5.98. The minimum Gasteiger partial charge on any atom is -0.403 e. The molecule has 2 heterocycles. The van der Waals surface area contributed by atoms with Crippen molar-refractivity contribution in [1.82, 2.24) is 9.88 Å². The van der Waals surface area contributed by atoms with Gasteiger partial charge in [0.15, 0.2) is 0 Å². The van der Waals surface area contributed by atoms with Crippen LogP contribution in [0.1, 0.15) is 51.4 Å². The third kappa shape index (κ3) is 3.56. The van der Waals surface area contributed by atoms with Crippen molar-refractivity contribution in [2.75, 3.05) is 5.32 Å². The van der Waals surface area contributed by atoms with Crippen molar-refractivity contribution in [1.29, 1.82) is 0 Å². The van der Waals surface area contributed by atoms with Crippen molar-refractivity contribution >= 4 is 23.3 Å². The molecule has 1 aliphatic carbocycles. The van der Waals surface area contributed by atoms with Gasteiger partial charge in [-0.15, -0.1) is 0 Å². The number of fused-ring (bicyclic) bond motifs is 1. The van der Waals surface area contributed by atoms with E-state index in [0.29, 0.717) is 54.1 Å². The van der Waals surface area contributed by atoms with Gasteiger partial charge in [0, 0.05) is 29.8 Å². The number of halogens is 1. The molecule has 6 N–H and O–H groups in total. The molecule has 31 heavy (non-hydrogen) atoms. The Morgan fingerprint density at radius 3 is 2.65 bits per heavy atom. The third-order valence-electron chi connectivity index (χ3n) is 5.98. The lowest BCUT2D eigenvalue weighted by Gasteiger charge is -2.17. The second-order valence-electron chi connectivity index (χ2n) is 8.00. The molecule has 0 saturated heterocycles. The van der Waals surface area contributed by atoms with E-state index in [9.17, 15) is 18.8 Å². The molecular formula is C22H24FN5O3. The van der Waals surface area contributed by atoms with E-state index >= 15 is 0 Å². The number of aromatic nitrogens is 1. The lowest BCUT2D eigenvalue weighted by Crippen LogP contribution is -2.44. The summed E-state index contributed by atoms with van der Waals surface area (Å²) in [4.78, 5) is 38.8. The van der Waals surface area contributed by atoms with Gasteiger partial charge in [0.1, 0.15) is 11.5 Å². The summed E-state index contributed by atoms with van der Waals surface area (Å²) < 4.78 is 15.2. The zero-order valence-electron chi connectivity index (χ0n) is 17.1. The van der Waals surface area contributed by atoms with Crippen molar-refractivity contribution in [2.45, 2.75) is 44.7 Å². The van der Waals surface area contributed by atoms with Gasteiger partial charge in [-0.3, -0.25) is 14.4 Å². The Bertz CT molecular complexity index is 1130. The average molecular weight is 425 g/mol. The number of Topliss-reactive ketones (excluding diaryl/α,β-unsaturated/α-hetero) is 1. The van der Waals surface area contributed by atoms with E-state index in [1.807, 2.05) is 0 Å². The maximum Gasteiger partial charge on any atom is 0.293 e. The summed E-state index contributed by atoms with van der Waals surface area (Å²) in [6, 6.07) is 5.57. The first-order chi connectivity index (χ1) is 14.8. The summed E-state index contributed by atoms with van der Waals surface area (Å²) >= 11 is 0. The van der Waals surface area contributed by atoms with Crippen molar-refractivity contribution < 1.29 is 18.8 Å². The Morgan fingerprint density at radius 2 is 2.00 bits per heavy atom. The number of anilines is 1. The van der Waals surface area contributed by atoms with Gasteiger partial charge in [-0.05, 0) is 56.4 Å². The van der Waals surface area contributed by atoms with E-state index in [4.69, 9.17) is 11.5 Å². The van der Waals surface area contributed by atoms with Gasteiger partial charge in [-0.2, -0.15) is 0 Å². The number of ketones is 1. The molecule has 1 aromatic heterocycles. The van der Waals surface area contributed by atoms with Gasteiger partial charge >= 0.3 is 0 Å². The van der Waals surface area contributed by atoms with Crippen molar-refractivity contribution in [3.05, 3.63) is 64.5 Å². The summed E-state index contributed by atoms with van der Waals surface area (Å²) in [6.45, 7) is 2.21. The first-order valence-corrected chi connectivity index (χ1v) is 10.1. The molecule has 8 nitrogen and oxygen atoms in total. The quantitative estimate of drug-likeness (QED) is 0.413. The number of amides is 2. The van der Waals surface area contributed by atoms with E-state index in [-0.39, 0.29) is 5.56 Å². The molecule has 4 rings (SSSR count). The fourth-order valence-electron chi connectivity index (χ4n) is 4.23. The predicted molar refractivity (Wildman–Crippen MR) is 113 cm³/mol. The highest BCUT2D eigenvalue weighted by Gasteiger charge is 2.48. The zero-order chi connectivity index (χ0) is 22.3. The number of carbonyl (C=O) groups is 3. The summed E-state index contributed by atoms with van der Waals surface area (Å²) in [6.07, 6.45) is 3.79. The molecule has 0 bridgehead atoms. The number of benzene rings is 1. The maximum atomic E-state index is 13.5. The van der Waals surface area contributed by atoms with Crippen LogP contribution in [0.25, 0.3) is 0 Å². The Labute approximate surface area is 178 Å². The minimum atomic E-state index is -0.775. The van der Waals surface area contributed by atoms with E-state index in [1.165, 1.54) is 24.4 Å². The summed E-state index contributed by atoms with van der Waals surface area (Å²) in [5.41, 5.74) is 12.8. The molecule has 0 spiro atoms. The minimum absolute atomic E-state index is 0.241. The molecule has 1 fully saturated rings. The molecule has 1 saturated carbocycles. The smallest absolute Gasteiger partial charge is 0.293 e. The highest BCUT2D eigenvalue weighted by atomic mass is 19.1. The molecular weight excluding hydrogens is 401 g/mol. The Morgan fingerprint density at radius 1 is 1.26 bits per heavy atom. The molecule has 1 aromatic carbocycles.